The van der Waals surface area contributed by atoms with E-state index in [4.69, 9.17) is 11.6 Å². The smallest absolute Gasteiger partial charge is 0.137 e. The minimum atomic E-state index is -0.218. The summed E-state index contributed by atoms with van der Waals surface area (Å²) < 4.78 is 13.8. The van der Waals surface area contributed by atoms with Crippen molar-refractivity contribution in [1.29, 1.82) is 0 Å². The lowest BCUT2D eigenvalue weighted by atomic mass is 10.2. The fraction of sp³-hybridized carbons (Fsp3) is 0.250. The molecule has 0 aliphatic carbocycles. The molecule has 0 saturated heterocycles. The van der Waals surface area contributed by atoms with Crippen LogP contribution in [0.25, 0.3) is 0 Å². The highest BCUT2D eigenvalue weighted by Crippen LogP contribution is 2.37. The molecule has 0 aromatic heterocycles. The summed E-state index contributed by atoms with van der Waals surface area (Å²) in [6.07, 6.45) is 1.08. The first kappa shape index (κ1) is 15.4. The van der Waals surface area contributed by atoms with Crippen molar-refractivity contribution in [2.24, 2.45) is 0 Å². The zero-order valence-electron chi connectivity index (χ0n) is 11.3. The van der Waals surface area contributed by atoms with E-state index in [9.17, 15) is 4.39 Å². The third-order valence-corrected chi connectivity index (χ3v) is 4.50. The molecule has 0 aliphatic rings. The summed E-state index contributed by atoms with van der Waals surface area (Å²) in [5.41, 5.74) is 1.10. The first-order chi connectivity index (χ1) is 9.72. The Morgan fingerprint density at radius 1 is 1.15 bits per heavy atom. The van der Waals surface area contributed by atoms with Crippen molar-refractivity contribution in [2.45, 2.75) is 29.7 Å². The van der Waals surface area contributed by atoms with Crippen molar-refractivity contribution in [3.63, 3.8) is 0 Å². The van der Waals surface area contributed by atoms with Crippen LogP contribution in [0, 0.1) is 5.82 Å². The molecule has 2 rings (SSSR count). The molecule has 0 bridgehead atoms. The average Bonchev–Trinajstić information content (AvgIpc) is 2.44. The van der Waals surface area contributed by atoms with Gasteiger partial charge >= 0.3 is 0 Å². The Kier molecular flexibility index (Phi) is 5.89. The van der Waals surface area contributed by atoms with Crippen LogP contribution >= 0.6 is 23.4 Å². The molecule has 0 radical (unpaired) electrons. The lowest BCUT2D eigenvalue weighted by Gasteiger charge is -2.12. The summed E-state index contributed by atoms with van der Waals surface area (Å²) >= 11 is 7.65. The molecule has 0 unspecified atom stereocenters. The van der Waals surface area contributed by atoms with E-state index in [1.807, 2.05) is 24.3 Å². The third kappa shape index (κ3) is 3.98. The molecule has 0 spiro atoms. The van der Waals surface area contributed by atoms with Gasteiger partial charge in [0, 0.05) is 16.3 Å². The van der Waals surface area contributed by atoms with E-state index in [2.05, 4.69) is 12.2 Å². The van der Waals surface area contributed by atoms with E-state index in [0.717, 1.165) is 30.0 Å². The van der Waals surface area contributed by atoms with E-state index >= 15 is 0 Å². The van der Waals surface area contributed by atoms with Gasteiger partial charge in [-0.05, 0) is 36.7 Å². The lowest BCUT2D eigenvalue weighted by molar-refractivity contribution is 0.602. The molecule has 0 aliphatic heterocycles. The van der Waals surface area contributed by atoms with Gasteiger partial charge in [-0.1, -0.05) is 54.6 Å². The van der Waals surface area contributed by atoms with E-state index in [-0.39, 0.29) is 5.82 Å². The van der Waals surface area contributed by atoms with Gasteiger partial charge < -0.3 is 5.32 Å². The van der Waals surface area contributed by atoms with Gasteiger partial charge in [-0.25, -0.2) is 4.39 Å². The highest BCUT2D eigenvalue weighted by Gasteiger charge is 2.11. The maximum absolute atomic E-state index is 13.8. The van der Waals surface area contributed by atoms with Crippen molar-refractivity contribution < 1.29 is 4.39 Å². The summed E-state index contributed by atoms with van der Waals surface area (Å²) in [4.78, 5) is 1.51. The molecule has 0 atom stereocenters. The van der Waals surface area contributed by atoms with Gasteiger partial charge in [-0.3, -0.25) is 0 Å². The maximum atomic E-state index is 13.8. The Morgan fingerprint density at radius 2 is 1.95 bits per heavy atom. The molecule has 1 nitrogen and oxygen atoms in total. The van der Waals surface area contributed by atoms with Crippen LogP contribution in [0.15, 0.2) is 52.3 Å². The predicted octanol–water partition coefficient (Wildman–Crippen LogP) is 5.13. The van der Waals surface area contributed by atoms with Crippen LogP contribution in [-0.4, -0.2) is 6.54 Å². The molecule has 0 saturated carbocycles. The summed E-state index contributed by atoms with van der Waals surface area (Å²) in [6, 6.07) is 12.6. The standard InChI is InChI=1S/C16H17ClFNS/c1-2-10-19-11-12-6-5-7-13(17)16(12)20-15-9-4-3-8-14(15)18/h3-9,19H,2,10-11H2,1H3. The minimum Gasteiger partial charge on any atom is -0.313 e. The second kappa shape index (κ2) is 7.67. The van der Waals surface area contributed by atoms with Crippen LogP contribution in [0.1, 0.15) is 18.9 Å². The van der Waals surface area contributed by atoms with Gasteiger partial charge in [0.2, 0.25) is 0 Å². The first-order valence-electron chi connectivity index (χ1n) is 6.63. The van der Waals surface area contributed by atoms with Crippen LogP contribution in [0.3, 0.4) is 0 Å². The highest BCUT2D eigenvalue weighted by molar-refractivity contribution is 7.99. The van der Waals surface area contributed by atoms with Crippen molar-refractivity contribution in [1.82, 2.24) is 5.32 Å². The average molecular weight is 310 g/mol. The number of benzene rings is 2. The van der Waals surface area contributed by atoms with Gasteiger partial charge in [-0.2, -0.15) is 0 Å². The van der Waals surface area contributed by atoms with E-state index < -0.39 is 0 Å². The van der Waals surface area contributed by atoms with Crippen LogP contribution in [-0.2, 0) is 6.54 Å². The Labute approximate surface area is 128 Å². The molecule has 2 aromatic rings. The second-order valence-corrected chi connectivity index (χ2v) is 5.90. The summed E-state index contributed by atoms with van der Waals surface area (Å²) in [7, 11) is 0. The molecule has 0 heterocycles. The number of nitrogens with one attached hydrogen (secondary N) is 1. The fourth-order valence-electron chi connectivity index (χ4n) is 1.84. The summed E-state index contributed by atoms with van der Waals surface area (Å²) in [5, 5.41) is 4.01. The Hall–Kier alpha value is -1.03. The zero-order valence-corrected chi connectivity index (χ0v) is 12.9. The fourth-order valence-corrected chi connectivity index (χ4v) is 3.12. The van der Waals surface area contributed by atoms with Crippen LogP contribution in [0.5, 0.6) is 0 Å². The molecule has 2 aromatic carbocycles. The van der Waals surface area contributed by atoms with Crippen molar-refractivity contribution >= 4 is 23.4 Å². The lowest BCUT2D eigenvalue weighted by Crippen LogP contribution is -2.14. The number of hydrogen-bond acceptors (Lipinski definition) is 2. The first-order valence-corrected chi connectivity index (χ1v) is 7.82. The molecular formula is C16H17ClFNS. The SMILES string of the molecule is CCCNCc1cccc(Cl)c1Sc1ccccc1F. The van der Waals surface area contributed by atoms with Crippen molar-refractivity contribution in [3.8, 4) is 0 Å². The topological polar surface area (TPSA) is 12.0 Å². The second-order valence-electron chi connectivity index (χ2n) is 4.44. The predicted molar refractivity (Wildman–Crippen MR) is 84.0 cm³/mol. The molecule has 4 heteroatoms. The largest absolute Gasteiger partial charge is 0.313 e. The molecule has 106 valence electrons. The highest BCUT2D eigenvalue weighted by atomic mass is 35.5. The molecule has 1 N–H and O–H groups in total. The Bertz CT molecular complexity index is 574. The van der Waals surface area contributed by atoms with Gasteiger partial charge in [0.25, 0.3) is 0 Å². The van der Waals surface area contributed by atoms with Gasteiger partial charge in [0.05, 0.1) is 5.02 Å². The Balaban J connectivity index is 2.23. The normalized spacial score (nSPS) is 10.8. The number of rotatable bonds is 6. The molecule has 0 amide bonds. The summed E-state index contributed by atoms with van der Waals surface area (Å²) in [5.74, 6) is -0.218. The molecule has 0 fully saturated rings. The van der Waals surface area contributed by atoms with Gasteiger partial charge in [0.15, 0.2) is 0 Å². The van der Waals surface area contributed by atoms with Crippen LogP contribution < -0.4 is 5.32 Å². The molecular weight excluding hydrogens is 293 g/mol. The van der Waals surface area contributed by atoms with Crippen LogP contribution in [0.4, 0.5) is 4.39 Å². The third-order valence-electron chi connectivity index (χ3n) is 2.84. The zero-order chi connectivity index (χ0) is 14.4. The quantitative estimate of drug-likeness (QED) is 0.742. The Morgan fingerprint density at radius 3 is 2.70 bits per heavy atom. The minimum absolute atomic E-state index is 0.218. The number of hydrogen-bond donors (Lipinski definition) is 1. The van der Waals surface area contributed by atoms with Crippen molar-refractivity contribution in [3.05, 3.63) is 58.9 Å². The van der Waals surface area contributed by atoms with E-state index in [1.54, 1.807) is 12.1 Å². The van der Waals surface area contributed by atoms with Crippen molar-refractivity contribution in [2.75, 3.05) is 6.54 Å². The molecule has 20 heavy (non-hydrogen) atoms. The monoisotopic (exact) mass is 309 g/mol. The summed E-state index contributed by atoms with van der Waals surface area (Å²) in [6.45, 7) is 3.82. The number of halogens is 2. The van der Waals surface area contributed by atoms with Gasteiger partial charge in [0.1, 0.15) is 5.82 Å². The van der Waals surface area contributed by atoms with E-state index in [1.165, 1.54) is 17.8 Å². The maximum Gasteiger partial charge on any atom is 0.137 e. The van der Waals surface area contributed by atoms with Gasteiger partial charge in [-0.15, -0.1) is 0 Å². The van der Waals surface area contributed by atoms with E-state index in [0.29, 0.717) is 9.92 Å². The van der Waals surface area contributed by atoms with Crippen LogP contribution in [0.2, 0.25) is 5.02 Å².